The number of thioether (sulfide) groups is 2. The molecule has 2 unspecified atom stereocenters. The highest BCUT2D eigenvalue weighted by molar-refractivity contribution is 8.06. The molecular formula is C9H20N2S2. The number of rotatable bonds is 4. The van der Waals surface area contributed by atoms with Crippen molar-refractivity contribution in [3.63, 3.8) is 0 Å². The van der Waals surface area contributed by atoms with E-state index >= 15 is 0 Å². The Kier molecular flexibility index (Phi) is 5.55. The van der Waals surface area contributed by atoms with Crippen LogP contribution in [-0.4, -0.2) is 28.6 Å². The van der Waals surface area contributed by atoms with Gasteiger partial charge in [0.15, 0.2) is 0 Å². The van der Waals surface area contributed by atoms with Crippen LogP contribution in [0.1, 0.15) is 20.3 Å². The van der Waals surface area contributed by atoms with E-state index in [9.17, 15) is 0 Å². The van der Waals surface area contributed by atoms with Gasteiger partial charge in [0, 0.05) is 28.6 Å². The normalized spacial score (nSPS) is 26.3. The molecule has 1 saturated heterocycles. The fourth-order valence-electron chi connectivity index (χ4n) is 1.57. The van der Waals surface area contributed by atoms with Crippen LogP contribution in [0.4, 0.5) is 0 Å². The molecule has 0 aromatic heterocycles. The van der Waals surface area contributed by atoms with Crippen LogP contribution in [0.25, 0.3) is 0 Å². The van der Waals surface area contributed by atoms with Gasteiger partial charge in [0.25, 0.3) is 0 Å². The molecule has 2 atom stereocenters. The van der Waals surface area contributed by atoms with E-state index in [-0.39, 0.29) is 0 Å². The highest BCUT2D eigenvalue weighted by Gasteiger charge is 2.23. The molecule has 1 heterocycles. The number of nitrogens with two attached hydrogens (primary N) is 1. The predicted molar refractivity (Wildman–Crippen MR) is 64.1 cm³/mol. The van der Waals surface area contributed by atoms with Crippen LogP contribution < -0.4 is 11.3 Å². The number of hydrazine groups is 1. The van der Waals surface area contributed by atoms with Gasteiger partial charge in [-0.3, -0.25) is 11.3 Å². The molecule has 13 heavy (non-hydrogen) atoms. The molecule has 0 aromatic rings. The Balaban J connectivity index is 2.34. The molecule has 3 N–H and O–H groups in total. The zero-order chi connectivity index (χ0) is 9.68. The van der Waals surface area contributed by atoms with Gasteiger partial charge in [-0.05, 0) is 12.3 Å². The second-order valence-electron chi connectivity index (χ2n) is 3.89. The van der Waals surface area contributed by atoms with E-state index in [0.29, 0.717) is 11.3 Å². The average Bonchev–Trinajstić information content (AvgIpc) is 2.15. The van der Waals surface area contributed by atoms with Crippen LogP contribution in [0.2, 0.25) is 0 Å². The summed E-state index contributed by atoms with van der Waals surface area (Å²) in [5.41, 5.74) is 2.97. The van der Waals surface area contributed by atoms with Crippen molar-refractivity contribution in [1.82, 2.24) is 5.43 Å². The minimum Gasteiger partial charge on any atom is -0.271 e. The van der Waals surface area contributed by atoms with Crippen molar-refractivity contribution in [1.29, 1.82) is 0 Å². The van der Waals surface area contributed by atoms with E-state index in [0.717, 1.165) is 5.92 Å². The Morgan fingerprint density at radius 2 is 2.23 bits per heavy atom. The monoisotopic (exact) mass is 220 g/mol. The Morgan fingerprint density at radius 3 is 2.69 bits per heavy atom. The predicted octanol–water partition coefficient (Wildman–Crippen LogP) is 1.71. The van der Waals surface area contributed by atoms with E-state index in [1.54, 1.807) is 0 Å². The first-order valence-electron chi connectivity index (χ1n) is 4.89. The second-order valence-corrected chi connectivity index (χ2v) is 6.38. The van der Waals surface area contributed by atoms with Crippen molar-refractivity contribution in [2.24, 2.45) is 11.8 Å². The summed E-state index contributed by atoms with van der Waals surface area (Å²) in [6, 6.07) is 0.498. The van der Waals surface area contributed by atoms with Crippen LogP contribution in [0.3, 0.4) is 0 Å². The van der Waals surface area contributed by atoms with E-state index in [1.165, 1.54) is 23.7 Å². The molecule has 1 rings (SSSR count). The van der Waals surface area contributed by atoms with Crippen LogP contribution in [0.5, 0.6) is 0 Å². The highest BCUT2D eigenvalue weighted by Crippen LogP contribution is 2.28. The van der Waals surface area contributed by atoms with Crippen LogP contribution >= 0.6 is 23.5 Å². The van der Waals surface area contributed by atoms with Gasteiger partial charge in [-0.15, -0.1) is 0 Å². The quantitative estimate of drug-likeness (QED) is 0.559. The van der Waals surface area contributed by atoms with Crippen LogP contribution in [0, 0.1) is 5.92 Å². The Bertz CT molecular complexity index is 136. The van der Waals surface area contributed by atoms with Gasteiger partial charge in [-0.2, -0.15) is 23.5 Å². The molecule has 0 aliphatic carbocycles. The van der Waals surface area contributed by atoms with Crippen molar-refractivity contribution in [3.8, 4) is 0 Å². The summed E-state index contributed by atoms with van der Waals surface area (Å²) in [4.78, 5) is 0. The highest BCUT2D eigenvalue weighted by atomic mass is 32.2. The van der Waals surface area contributed by atoms with E-state index < -0.39 is 0 Å². The maximum absolute atomic E-state index is 5.58. The summed E-state index contributed by atoms with van der Waals surface area (Å²) in [6.45, 7) is 4.51. The summed E-state index contributed by atoms with van der Waals surface area (Å²) >= 11 is 4.13. The molecule has 78 valence electrons. The Labute approximate surface area is 89.8 Å². The average molecular weight is 220 g/mol. The third-order valence-corrected chi connectivity index (χ3v) is 5.15. The number of hydrogen-bond donors (Lipinski definition) is 2. The Hall–Kier alpha value is 0.620. The largest absolute Gasteiger partial charge is 0.271 e. The van der Waals surface area contributed by atoms with Crippen LogP contribution in [-0.2, 0) is 0 Å². The molecule has 1 fully saturated rings. The third-order valence-electron chi connectivity index (χ3n) is 2.23. The summed E-state index contributed by atoms with van der Waals surface area (Å²) in [5.74, 6) is 10.2. The van der Waals surface area contributed by atoms with Crippen molar-refractivity contribution >= 4 is 23.5 Å². The molecule has 1 aliphatic heterocycles. The van der Waals surface area contributed by atoms with Gasteiger partial charge in [0.2, 0.25) is 0 Å². The lowest BCUT2D eigenvalue weighted by molar-refractivity contribution is 0.424. The summed E-state index contributed by atoms with van der Waals surface area (Å²) in [6.07, 6.45) is 1.19. The minimum atomic E-state index is 0.498. The van der Waals surface area contributed by atoms with Crippen molar-refractivity contribution in [3.05, 3.63) is 0 Å². The first-order chi connectivity index (χ1) is 6.24. The van der Waals surface area contributed by atoms with Crippen molar-refractivity contribution in [2.75, 3.05) is 17.3 Å². The Morgan fingerprint density at radius 1 is 1.46 bits per heavy atom. The van der Waals surface area contributed by atoms with Gasteiger partial charge in [0.1, 0.15) is 0 Å². The SMILES string of the molecule is CC(C)CC(NN)C1CSCCS1. The maximum Gasteiger partial charge on any atom is 0.0339 e. The smallest absolute Gasteiger partial charge is 0.0339 e. The topological polar surface area (TPSA) is 38.0 Å². The number of hydrogen-bond acceptors (Lipinski definition) is 4. The molecule has 0 saturated carbocycles. The molecular weight excluding hydrogens is 200 g/mol. The molecule has 0 radical (unpaired) electrons. The molecule has 0 amide bonds. The molecule has 0 aromatic carbocycles. The van der Waals surface area contributed by atoms with Crippen LogP contribution in [0.15, 0.2) is 0 Å². The zero-order valence-corrected chi connectivity index (χ0v) is 10.1. The van der Waals surface area contributed by atoms with Crippen molar-refractivity contribution in [2.45, 2.75) is 31.6 Å². The lowest BCUT2D eigenvalue weighted by Gasteiger charge is -2.30. The fourth-order valence-corrected chi connectivity index (χ4v) is 4.46. The van der Waals surface area contributed by atoms with Gasteiger partial charge in [-0.1, -0.05) is 13.8 Å². The van der Waals surface area contributed by atoms with Crippen molar-refractivity contribution < 1.29 is 0 Å². The standard InChI is InChI=1S/C9H20N2S2/c1-7(2)5-8(11-10)9-6-12-3-4-13-9/h7-9,11H,3-6,10H2,1-2H3. The lowest BCUT2D eigenvalue weighted by atomic mass is 10.0. The molecule has 2 nitrogen and oxygen atoms in total. The third kappa shape index (κ3) is 4.11. The minimum absolute atomic E-state index is 0.498. The first kappa shape index (κ1) is 11.7. The van der Waals surface area contributed by atoms with Gasteiger partial charge in [0.05, 0.1) is 0 Å². The summed E-state index contributed by atoms with van der Waals surface area (Å²) < 4.78 is 0. The van der Waals surface area contributed by atoms with Gasteiger partial charge in [-0.25, -0.2) is 0 Å². The number of nitrogens with one attached hydrogen (secondary N) is 1. The van der Waals surface area contributed by atoms with E-state index in [1.807, 2.05) is 0 Å². The summed E-state index contributed by atoms with van der Waals surface area (Å²) in [5, 5.41) is 0.714. The fraction of sp³-hybridized carbons (Fsp3) is 1.00. The first-order valence-corrected chi connectivity index (χ1v) is 7.10. The molecule has 0 bridgehead atoms. The van der Waals surface area contributed by atoms with E-state index in [4.69, 9.17) is 5.84 Å². The molecule has 0 spiro atoms. The van der Waals surface area contributed by atoms with Gasteiger partial charge >= 0.3 is 0 Å². The van der Waals surface area contributed by atoms with E-state index in [2.05, 4.69) is 42.8 Å². The van der Waals surface area contributed by atoms with Gasteiger partial charge < -0.3 is 0 Å². The second kappa shape index (κ2) is 6.17. The molecule has 4 heteroatoms. The molecule has 1 aliphatic rings. The summed E-state index contributed by atoms with van der Waals surface area (Å²) in [7, 11) is 0. The lowest BCUT2D eigenvalue weighted by Crippen LogP contribution is -2.45. The maximum atomic E-state index is 5.58. The zero-order valence-electron chi connectivity index (χ0n) is 8.45.